The van der Waals surface area contributed by atoms with E-state index in [0.29, 0.717) is 24.1 Å². The Bertz CT molecular complexity index is 1130. The number of aromatic nitrogens is 4. The maximum absolute atomic E-state index is 9.65. The van der Waals surface area contributed by atoms with Crippen LogP contribution in [0.5, 0.6) is 0 Å². The van der Waals surface area contributed by atoms with Crippen LogP contribution >= 0.6 is 11.3 Å². The molecular weight excluding hydrogens is 412 g/mol. The lowest BCUT2D eigenvalue weighted by Gasteiger charge is -2.13. The molecule has 0 aliphatic rings. The van der Waals surface area contributed by atoms with Crippen LogP contribution in [0.2, 0.25) is 0 Å². The van der Waals surface area contributed by atoms with E-state index < -0.39 is 6.10 Å². The number of hydrogen-bond donors (Lipinski definition) is 4. The average Bonchev–Trinajstić information content (AvgIpc) is 3.46. The van der Waals surface area contributed by atoms with Gasteiger partial charge in [-0.3, -0.25) is 0 Å². The summed E-state index contributed by atoms with van der Waals surface area (Å²) in [5, 5.41) is 31.6. The summed E-state index contributed by atoms with van der Waals surface area (Å²) in [7, 11) is 0. The number of hydrogen-bond acceptors (Lipinski definition) is 8. The first-order valence-electron chi connectivity index (χ1n) is 10.2. The number of aliphatic hydroxyl groups excluding tert-OH is 2. The molecule has 0 saturated heterocycles. The number of rotatable bonds is 9. The van der Waals surface area contributed by atoms with Crippen molar-refractivity contribution in [2.75, 3.05) is 23.8 Å². The quantitative estimate of drug-likeness (QED) is 0.317. The third-order valence-electron chi connectivity index (χ3n) is 4.93. The van der Waals surface area contributed by atoms with Gasteiger partial charge in [-0.25, -0.2) is 0 Å². The summed E-state index contributed by atoms with van der Waals surface area (Å²) in [4.78, 5) is 10.3. The van der Waals surface area contributed by atoms with Crippen molar-refractivity contribution < 1.29 is 10.2 Å². The first kappa shape index (κ1) is 21.2. The Kier molecular flexibility index (Phi) is 6.45. The maximum atomic E-state index is 9.65. The van der Waals surface area contributed by atoms with E-state index in [0.717, 1.165) is 11.1 Å². The highest BCUT2D eigenvalue weighted by Gasteiger charge is 2.15. The molecule has 4 aromatic rings. The number of anilines is 2. The monoisotopic (exact) mass is 438 g/mol. The van der Waals surface area contributed by atoms with Crippen molar-refractivity contribution in [1.29, 1.82) is 0 Å². The summed E-state index contributed by atoms with van der Waals surface area (Å²) in [5.41, 5.74) is 4.04. The summed E-state index contributed by atoms with van der Waals surface area (Å²) in [6.45, 7) is 4.58. The molecule has 8 nitrogen and oxygen atoms in total. The fourth-order valence-electron chi connectivity index (χ4n) is 3.18. The second kappa shape index (κ2) is 9.42. The molecule has 1 atom stereocenters. The molecule has 0 saturated carbocycles. The predicted molar refractivity (Wildman–Crippen MR) is 124 cm³/mol. The zero-order chi connectivity index (χ0) is 21.8. The van der Waals surface area contributed by atoms with Gasteiger partial charge < -0.3 is 20.8 Å². The van der Waals surface area contributed by atoms with Crippen molar-refractivity contribution in [3.8, 4) is 10.4 Å². The minimum atomic E-state index is -0.882. The Morgan fingerprint density at radius 2 is 1.90 bits per heavy atom. The zero-order valence-electron chi connectivity index (χ0n) is 17.5. The molecule has 1 aromatic carbocycles. The van der Waals surface area contributed by atoms with Crippen LogP contribution in [-0.4, -0.2) is 49.1 Å². The van der Waals surface area contributed by atoms with E-state index in [2.05, 4.69) is 81.3 Å². The fourth-order valence-corrected chi connectivity index (χ4v) is 3.91. The van der Waals surface area contributed by atoms with Crippen LogP contribution in [0.1, 0.15) is 30.9 Å². The Balaban J connectivity index is 1.56. The Morgan fingerprint density at radius 3 is 2.58 bits per heavy atom. The maximum Gasteiger partial charge on any atom is 0.229 e. The Morgan fingerprint density at radius 1 is 1.10 bits per heavy atom. The first-order chi connectivity index (χ1) is 15.0. The molecule has 0 aliphatic heterocycles. The molecule has 0 radical (unpaired) electrons. The lowest BCUT2D eigenvalue weighted by atomic mass is 10.1. The van der Waals surface area contributed by atoms with Crippen molar-refractivity contribution in [2.24, 2.45) is 0 Å². The normalized spacial score (nSPS) is 12.4. The second-order valence-electron chi connectivity index (χ2n) is 7.61. The lowest BCUT2D eigenvalue weighted by molar-refractivity contribution is 0.105. The Labute approximate surface area is 184 Å². The minimum Gasteiger partial charge on any atom is -0.394 e. The summed E-state index contributed by atoms with van der Waals surface area (Å²) in [5.74, 6) is 1.18. The molecule has 0 spiro atoms. The van der Waals surface area contributed by atoms with Gasteiger partial charge in [0.15, 0.2) is 5.65 Å². The second-order valence-corrected chi connectivity index (χ2v) is 8.55. The highest BCUT2D eigenvalue weighted by Crippen LogP contribution is 2.25. The summed E-state index contributed by atoms with van der Waals surface area (Å²) in [6, 6.07) is 12.6. The molecule has 0 bridgehead atoms. The standard InChI is InChI=1S/C22H26N6O2S/c1-14(2)18-12-25-28-20(18)26-21(23-11-17(30)13-29)27-22(28)24-10-15-5-7-16(8-6-15)19-4-3-9-31-19/h3-9,12,14,17,29-30H,10-11,13H2,1-2H3,(H2,23,24,26,27). The third-order valence-corrected chi connectivity index (χ3v) is 5.85. The molecule has 0 fully saturated rings. The van der Waals surface area contributed by atoms with Crippen LogP contribution in [0.3, 0.4) is 0 Å². The molecule has 0 amide bonds. The van der Waals surface area contributed by atoms with Crippen molar-refractivity contribution in [3.63, 3.8) is 0 Å². The highest BCUT2D eigenvalue weighted by atomic mass is 32.1. The van der Waals surface area contributed by atoms with Gasteiger partial charge >= 0.3 is 0 Å². The van der Waals surface area contributed by atoms with E-state index in [1.165, 1.54) is 10.4 Å². The van der Waals surface area contributed by atoms with E-state index in [1.54, 1.807) is 15.9 Å². The number of benzene rings is 1. The fraction of sp³-hybridized carbons (Fsp3) is 0.318. The van der Waals surface area contributed by atoms with Crippen LogP contribution in [0.15, 0.2) is 48.0 Å². The Hall–Kier alpha value is -3.01. The van der Waals surface area contributed by atoms with Crippen LogP contribution < -0.4 is 10.6 Å². The third kappa shape index (κ3) is 4.84. The minimum absolute atomic E-state index is 0.154. The lowest BCUT2D eigenvalue weighted by Crippen LogP contribution is -2.24. The average molecular weight is 439 g/mol. The van der Waals surface area contributed by atoms with Gasteiger partial charge in [0, 0.05) is 23.5 Å². The van der Waals surface area contributed by atoms with Gasteiger partial charge in [-0.15, -0.1) is 11.3 Å². The topological polar surface area (TPSA) is 108 Å². The van der Waals surface area contributed by atoms with Crippen LogP contribution in [0.4, 0.5) is 11.9 Å². The van der Waals surface area contributed by atoms with E-state index >= 15 is 0 Å². The summed E-state index contributed by atoms with van der Waals surface area (Å²) in [6.07, 6.45) is 0.926. The van der Waals surface area contributed by atoms with Crippen LogP contribution in [-0.2, 0) is 6.54 Å². The molecule has 4 rings (SSSR count). The van der Waals surface area contributed by atoms with Crippen molar-refractivity contribution in [2.45, 2.75) is 32.4 Å². The van der Waals surface area contributed by atoms with Gasteiger partial charge in [0.1, 0.15) is 0 Å². The number of fused-ring (bicyclic) bond motifs is 1. The molecule has 0 aliphatic carbocycles. The van der Waals surface area contributed by atoms with Gasteiger partial charge in [-0.05, 0) is 28.5 Å². The number of aliphatic hydroxyl groups is 2. The molecule has 3 aromatic heterocycles. The molecular formula is C22H26N6O2S. The van der Waals surface area contributed by atoms with Gasteiger partial charge in [0.25, 0.3) is 0 Å². The largest absolute Gasteiger partial charge is 0.394 e. The van der Waals surface area contributed by atoms with Crippen LogP contribution in [0.25, 0.3) is 16.1 Å². The van der Waals surface area contributed by atoms with E-state index in [1.807, 2.05) is 6.20 Å². The predicted octanol–water partition coefficient (Wildman–Crippen LogP) is 3.35. The van der Waals surface area contributed by atoms with E-state index in [-0.39, 0.29) is 19.1 Å². The van der Waals surface area contributed by atoms with Gasteiger partial charge in [0.2, 0.25) is 11.9 Å². The van der Waals surface area contributed by atoms with Crippen molar-refractivity contribution >= 4 is 28.9 Å². The van der Waals surface area contributed by atoms with Crippen molar-refractivity contribution in [1.82, 2.24) is 19.6 Å². The molecule has 1 unspecified atom stereocenters. The molecule has 9 heteroatoms. The van der Waals surface area contributed by atoms with Crippen molar-refractivity contribution in [3.05, 3.63) is 59.1 Å². The van der Waals surface area contributed by atoms with E-state index in [4.69, 9.17) is 5.11 Å². The number of nitrogens with zero attached hydrogens (tertiary/aromatic N) is 4. The summed E-state index contributed by atoms with van der Waals surface area (Å²) >= 11 is 1.72. The SMILES string of the molecule is CC(C)c1cnn2c(NCc3ccc(-c4cccs4)cc3)nc(NCC(O)CO)nc12. The summed E-state index contributed by atoms with van der Waals surface area (Å²) < 4.78 is 1.70. The van der Waals surface area contributed by atoms with Gasteiger partial charge in [0.05, 0.1) is 18.9 Å². The van der Waals surface area contributed by atoms with Crippen LogP contribution in [0, 0.1) is 0 Å². The number of nitrogens with one attached hydrogen (secondary N) is 2. The number of thiophene rings is 1. The first-order valence-corrected chi connectivity index (χ1v) is 11.1. The zero-order valence-corrected chi connectivity index (χ0v) is 18.3. The molecule has 3 heterocycles. The molecule has 31 heavy (non-hydrogen) atoms. The van der Waals surface area contributed by atoms with Gasteiger partial charge in [-0.2, -0.15) is 19.6 Å². The van der Waals surface area contributed by atoms with E-state index in [9.17, 15) is 5.11 Å². The van der Waals surface area contributed by atoms with Gasteiger partial charge in [-0.1, -0.05) is 44.2 Å². The highest BCUT2D eigenvalue weighted by molar-refractivity contribution is 7.13. The molecule has 162 valence electrons. The molecule has 4 N–H and O–H groups in total. The smallest absolute Gasteiger partial charge is 0.229 e.